The molecule has 1 heterocycles. The van der Waals surface area contributed by atoms with E-state index in [4.69, 9.17) is 11.6 Å². The van der Waals surface area contributed by atoms with Crippen molar-refractivity contribution in [2.45, 2.75) is 18.9 Å². The molecule has 0 aliphatic rings. The third-order valence-corrected chi connectivity index (χ3v) is 4.19. The Morgan fingerprint density at radius 2 is 1.84 bits per heavy atom. The first-order chi connectivity index (χ1) is 12.2. The van der Waals surface area contributed by atoms with Gasteiger partial charge >= 0.3 is 0 Å². The lowest BCUT2D eigenvalue weighted by Gasteiger charge is -2.18. The molecule has 25 heavy (non-hydrogen) atoms. The Bertz CT molecular complexity index is 825. The van der Waals surface area contributed by atoms with E-state index in [-0.39, 0.29) is 11.8 Å². The van der Waals surface area contributed by atoms with E-state index in [0.29, 0.717) is 18.0 Å². The number of rotatable bonds is 6. The van der Waals surface area contributed by atoms with Crippen molar-refractivity contribution in [2.75, 3.05) is 0 Å². The molecular weight excluding hydrogens is 334 g/mol. The molecule has 1 unspecified atom stereocenters. The highest BCUT2D eigenvalue weighted by molar-refractivity contribution is 6.30. The molecule has 3 aromatic rings. The number of benzene rings is 2. The van der Waals surface area contributed by atoms with Crippen LogP contribution in [0.25, 0.3) is 0 Å². The smallest absolute Gasteiger partial charge is 0.221 e. The maximum atomic E-state index is 12.5. The zero-order valence-electron chi connectivity index (χ0n) is 13.6. The van der Waals surface area contributed by atoms with E-state index >= 15 is 0 Å². The summed E-state index contributed by atoms with van der Waals surface area (Å²) in [5, 5.41) is 3.59. The Balaban J connectivity index is 1.75. The summed E-state index contributed by atoms with van der Waals surface area (Å²) in [5.41, 5.74) is 2.89. The number of carbonyl (C=O) groups is 1. The van der Waals surface area contributed by atoms with Gasteiger partial charge in [0.25, 0.3) is 0 Å². The van der Waals surface area contributed by atoms with Crippen LogP contribution in [0.15, 0.2) is 73.2 Å². The highest BCUT2D eigenvalue weighted by Crippen LogP contribution is 2.29. The topological polar surface area (TPSA) is 54.9 Å². The van der Waals surface area contributed by atoms with Crippen molar-refractivity contribution in [3.05, 3.63) is 95.0 Å². The number of amides is 1. The van der Waals surface area contributed by atoms with Crippen molar-refractivity contribution in [3.63, 3.8) is 0 Å². The van der Waals surface area contributed by atoms with Crippen LogP contribution in [0.5, 0.6) is 0 Å². The second kappa shape index (κ2) is 8.40. The van der Waals surface area contributed by atoms with Crippen LogP contribution in [0.4, 0.5) is 0 Å². The summed E-state index contributed by atoms with van der Waals surface area (Å²) in [7, 11) is 0. The Morgan fingerprint density at radius 3 is 2.56 bits per heavy atom. The molecule has 2 aromatic carbocycles. The Kier molecular flexibility index (Phi) is 5.75. The molecule has 0 radical (unpaired) electrons. The SMILES string of the molecule is O=C(CC(c1ccccc1)c1cccc(Cl)c1)NCc1ccncn1. The largest absolute Gasteiger partial charge is 0.350 e. The van der Waals surface area contributed by atoms with Crippen LogP contribution in [0.1, 0.15) is 29.2 Å². The predicted octanol–water partition coefficient (Wildman–Crippen LogP) is 3.97. The van der Waals surface area contributed by atoms with Gasteiger partial charge in [0.05, 0.1) is 12.2 Å². The van der Waals surface area contributed by atoms with E-state index in [1.165, 1.54) is 6.33 Å². The van der Waals surface area contributed by atoms with E-state index in [1.54, 1.807) is 12.3 Å². The van der Waals surface area contributed by atoms with Crippen LogP contribution in [0.3, 0.4) is 0 Å². The molecule has 0 aliphatic carbocycles. The van der Waals surface area contributed by atoms with Gasteiger partial charge in [-0.05, 0) is 29.3 Å². The summed E-state index contributed by atoms with van der Waals surface area (Å²) in [5.74, 6) is -0.0854. The molecule has 3 rings (SSSR count). The number of halogens is 1. The van der Waals surface area contributed by atoms with Crippen LogP contribution >= 0.6 is 11.6 Å². The van der Waals surface area contributed by atoms with Gasteiger partial charge in [-0.2, -0.15) is 0 Å². The summed E-state index contributed by atoms with van der Waals surface area (Å²) in [6.45, 7) is 0.387. The molecule has 1 N–H and O–H groups in total. The number of hydrogen-bond donors (Lipinski definition) is 1. The van der Waals surface area contributed by atoms with Crippen LogP contribution < -0.4 is 5.32 Å². The molecule has 0 saturated heterocycles. The Morgan fingerprint density at radius 1 is 1.04 bits per heavy atom. The first kappa shape index (κ1) is 17.1. The lowest BCUT2D eigenvalue weighted by molar-refractivity contribution is -0.121. The number of hydrogen-bond acceptors (Lipinski definition) is 3. The number of carbonyl (C=O) groups excluding carboxylic acids is 1. The van der Waals surface area contributed by atoms with Crippen LogP contribution in [-0.4, -0.2) is 15.9 Å². The summed E-state index contributed by atoms with van der Waals surface area (Å²) in [4.78, 5) is 20.5. The third-order valence-electron chi connectivity index (χ3n) is 3.95. The van der Waals surface area contributed by atoms with Crippen LogP contribution in [-0.2, 0) is 11.3 Å². The van der Waals surface area contributed by atoms with Crippen molar-refractivity contribution < 1.29 is 4.79 Å². The van der Waals surface area contributed by atoms with Gasteiger partial charge in [0, 0.05) is 23.6 Å². The molecule has 5 heteroatoms. The van der Waals surface area contributed by atoms with E-state index < -0.39 is 0 Å². The fourth-order valence-electron chi connectivity index (χ4n) is 2.71. The predicted molar refractivity (Wildman–Crippen MR) is 98.2 cm³/mol. The summed E-state index contributed by atoms with van der Waals surface area (Å²) < 4.78 is 0. The molecule has 0 bridgehead atoms. The summed E-state index contributed by atoms with van der Waals surface area (Å²) in [6.07, 6.45) is 3.48. The minimum Gasteiger partial charge on any atom is -0.350 e. The van der Waals surface area contributed by atoms with Gasteiger partial charge in [0.2, 0.25) is 5.91 Å². The molecule has 4 nitrogen and oxygen atoms in total. The molecular formula is C20H18ClN3O. The van der Waals surface area contributed by atoms with Gasteiger partial charge in [-0.15, -0.1) is 0 Å². The lowest BCUT2D eigenvalue weighted by Crippen LogP contribution is -2.25. The highest BCUT2D eigenvalue weighted by Gasteiger charge is 2.18. The second-order valence-electron chi connectivity index (χ2n) is 5.70. The van der Waals surface area contributed by atoms with Gasteiger partial charge in [-0.3, -0.25) is 4.79 Å². The minimum absolute atomic E-state index is 0.0348. The summed E-state index contributed by atoms with van der Waals surface area (Å²) >= 11 is 6.14. The zero-order chi connectivity index (χ0) is 17.5. The van der Waals surface area contributed by atoms with Crippen LogP contribution in [0.2, 0.25) is 5.02 Å². The molecule has 1 amide bonds. The van der Waals surface area contributed by atoms with E-state index in [2.05, 4.69) is 15.3 Å². The molecule has 0 aliphatic heterocycles. The monoisotopic (exact) mass is 351 g/mol. The van der Waals surface area contributed by atoms with E-state index in [1.807, 2.05) is 54.6 Å². The number of nitrogens with zero attached hydrogens (tertiary/aromatic N) is 2. The maximum Gasteiger partial charge on any atom is 0.221 e. The van der Waals surface area contributed by atoms with Crippen molar-refractivity contribution >= 4 is 17.5 Å². The van der Waals surface area contributed by atoms with Crippen molar-refractivity contribution in [2.24, 2.45) is 0 Å². The molecule has 1 aromatic heterocycles. The Labute approximate surface area is 151 Å². The van der Waals surface area contributed by atoms with Crippen molar-refractivity contribution in [3.8, 4) is 0 Å². The molecule has 1 atom stereocenters. The summed E-state index contributed by atoms with van der Waals surface area (Å²) in [6, 6.07) is 19.4. The van der Waals surface area contributed by atoms with Gasteiger partial charge in [0.1, 0.15) is 6.33 Å². The quantitative estimate of drug-likeness (QED) is 0.731. The maximum absolute atomic E-state index is 12.5. The molecule has 0 fully saturated rings. The fourth-order valence-corrected chi connectivity index (χ4v) is 2.90. The number of nitrogens with one attached hydrogen (secondary N) is 1. The average molecular weight is 352 g/mol. The van der Waals surface area contributed by atoms with Gasteiger partial charge in [-0.1, -0.05) is 54.1 Å². The minimum atomic E-state index is -0.0506. The standard InChI is InChI=1S/C20H18ClN3O/c21-17-8-4-7-16(11-17)19(15-5-2-1-3-6-15)12-20(25)23-13-18-9-10-22-14-24-18/h1-11,14,19H,12-13H2,(H,23,25). The first-order valence-corrected chi connectivity index (χ1v) is 8.42. The Hall–Kier alpha value is -2.72. The second-order valence-corrected chi connectivity index (χ2v) is 6.14. The zero-order valence-corrected chi connectivity index (χ0v) is 14.4. The fraction of sp³-hybridized carbons (Fsp3) is 0.150. The van der Waals surface area contributed by atoms with Gasteiger partial charge < -0.3 is 5.32 Å². The first-order valence-electron chi connectivity index (χ1n) is 8.04. The molecule has 0 spiro atoms. The van der Waals surface area contributed by atoms with E-state index in [0.717, 1.165) is 16.8 Å². The van der Waals surface area contributed by atoms with Crippen molar-refractivity contribution in [1.29, 1.82) is 0 Å². The van der Waals surface area contributed by atoms with Gasteiger partial charge in [-0.25, -0.2) is 9.97 Å². The van der Waals surface area contributed by atoms with Gasteiger partial charge in [0.15, 0.2) is 0 Å². The van der Waals surface area contributed by atoms with Crippen molar-refractivity contribution in [1.82, 2.24) is 15.3 Å². The molecule has 126 valence electrons. The lowest BCUT2D eigenvalue weighted by atomic mass is 9.88. The molecule has 0 saturated carbocycles. The number of aromatic nitrogens is 2. The van der Waals surface area contributed by atoms with Crippen LogP contribution in [0, 0.1) is 0 Å². The average Bonchev–Trinajstić information content (AvgIpc) is 2.66. The highest BCUT2D eigenvalue weighted by atomic mass is 35.5. The normalized spacial score (nSPS) is 11.7. The third kappa shape index (κ3) is 4.88. The van der Waals surface area contributed by atoms with E-state index in [9.17, 15) is 4.79 Å².